The molecule has 1 aromatic heterocycles. The van der Waals surface area contributed by atoms with E-state index in [-0.39, 0.29) is 5.56 Å². The first-order chi connectivity index (χ1) is 9.06. The van der Waals surface area contributed by atoms with Crippen LogP contribution in [0.15, 0.2) is 30.3 Å². The average Bonchev–Trinajstić information content (AvgIpc) is 2.72. The highest BCUT2D eigenvalue weighted by Crippen LogP contribution is 2.31. The number of nitrogens with two attached hydrogens (primary N) is 1. The van der Waals surface area contributed by atoms with Crippen molar-refractivity contribution >= 4 is 39.9 Å². The second kappa shape index (κ2) is 4.40. The highest BCUT2D eigenvalue weighted by molar-refractivity contribution is 6.42. The maximum atomic E-state index is 13.8. The Kier molecular flexibility index (Phi) is 2.84. The predicted molar refractivity (Wildman–Crippen MR) is 75.9 cm³/mol. The van der Waals surface area contributed by atoms with Crippen LogP contribution in [0.3, 0.4) is 0 Å². The Bertz CT molecular complexity index is 724. The Morgan fingerprint density at radius 2 is 1.89 bits per heavy atom. The molecule has 3 aromatic rings. The maximum absolute atomic E-state index is 13.8. The van der Waals surface area contributed by atoms with E-state index in [0.29, 0.717) is 32.6 Å². The molecule has 0 radical (unpaired) electrons. The molecule has 0 aliphatic rings. The van der Waals surface area contributed by atoms with Gasteiger partial charge in [-0.15, -0.1) is 0 Å². The van der Waals surface area contributed by atoms with Gasteiger partial charge in [-0.25, -0.2) is 9.37 Å². The lowest BCUT2D eigenvalue weighted by molar-refractivity contribution is 0.631. The Labute approximate surface area is 118 Å². The van der Waals surface area contributed by atoms with Crippen molar-refractivity contribution in [1.29, 1.82) is 0 Å². The highest BCUT2D eigenvalue weighted by Gasteiger charge is 2.14. The average molecular weight is 296 g/mol. The summed E-state index contributed by atoms with van der Waals surface area (Å²) in [6, 6.07) is 7.76. The zero-order valence-electron chi connectivity index (χ0n) is 9.55. The number of imidazole rings is 1. The monoisotopic (exact) mass is 295 g/mol. The molecule has 0 saturated heterocycles. The van der Waals surface area contributed by atoms with Gasteiger partial charge >= 0.3 is 0 Å². The molecule has 0 unspecified atom stereocenters. The van der Waals surface area contributed by atoms with Crippen molar-refractivity contribution in [2.24, 2.45) is 0 Å². The Morgan fingerprint density at radius 1 is 1.16 bits per heavy atom. The van der Waals surface area contributed by atoms with Crippen molar-refractivity contribution < 1.29 is 4.39 Å². The van der Waals surface area contributed by atoms with Crippen LogP contribution in [-0.2, 0) is 0 Å². The molecule has 3 N–H and O–H groups in total. The Morgan fingerprint density at radius 3 is 2.63 bits per heavy atom. The highest BCUT2D eigenvalue weighted by atomic mass is 35.5. The van der Waals surface area contributed by atoms with Crippen molar-refractivity contribution in [1.82, 2.24) is 9.97 Å². The summed E-state index contributed by atoms with van der Waals surface area (Å²) in [5.41, 5.74) is 7.62. The summed E-state index contributed by atoms with van der Waals surface area (Å²) >= 11 is 11.8. The van der Waals surface area contributed by atoms with Gasteiger partial charge in [0.1, 0.15) is 11.6 Å². The van der Waals surface area contributed by atoms with Gasteiger partial charge in [-0.05, 0) is 24.3 Å². The molecule has 96 valence electrons. The summed E-state index contributed by atoms with van der Waals surface area (Å²) in [7, 11) is 0. The van der Waals surface area contributed by atoms with E-state index >= 15 is 0 Å². The summed E-state index contributed by atoms with van der Waals surface area (Å²) in [5.74, 6) is -0.0832. The Balaban J connectivity index is 2.26. The molecule has 0 bridgehead atoms. The minimum Gasteiger partial charge on any atom is -0.398 e. The van der Waals surface area contributed by atoms with Crippen molar-refractivity contribution in [3.63, 3.8) is 0 Å². The number of H-pyrrole nitrogens is 1. The van der Waals surface area contributed by atoms with Gasteiger partial charge in [-0.2, -0.15) is 0 Å². The summed E-state index contributed by atoms with van der Waals surface area (Å²) < 4.78 is 13.8. The molecule has 0 amide bonds. The first kappa shape index (κ1) is 12.3. The standard InChI is InChI=1S/C13H8Cl2FN3/c14-6-4-10-11(5-7(6)15)19-13(18-10)12-8(16)2-1-3-9(12)17/h1-5H,17H2,(H,18,19). The lowest BCUT2D eigenvalue weighted by Crippen LogP contribution is -1.94. The molecule has 0 aliphatic heterocycles. The van der Waals surface area contributed by atoms with Crippen molar-refractivity contribution in [2.75, 3.05) is 5.73 Å². The van der Waals surface area contributed by atoms with Crippen LogP contribution in [0.25, 0.3) is 22.4 Å². The zero-order valence-corrected chi connectivity index (χ0v) is 11.1. The van der Waals surface area contributed by atoms with Gasteiger partial charge in [0.15, 0.2) is 0 Å². The molecule has 3 rings (SSSR count). The Hall–Kier alpha value is -1.78. The molecule has 0 aliphatic carbocycles. The topological polar surface area (TPSA) is 54.7 Å². The number of nitrogen functional groups attached to an aromatic ring is 1. The minimum absolute atomic E-state index is 0.242. The third-order valence-corrected chi connectivity index (χ3v) is 3.53. The van der Waals surface area contributed by atoms with Crippen LogP contribution >= 0.6 is 23.2 Å². The molecule has 1 heterocycles. The normalized spacial score (nSPS) is 11.1. The van der Waals surface area contributed by atoms with Gasteiger partial charge in [0.05, 0.1) is 26.6 Å². The first-order valence-electron chi connectivity index (χ1n) is 5.45. The van der Waals surface area contributed by atoms with Crippen LogP contribution in [0.1, 0.15) is 0 Å². The largest absolute Gasteiger partial charge is 0.398 e. The van der Waals surface area contributed by atoms with Crippen LogP contribution in [0.4, 0.5) is 10.1 Å². The quantitative estimate of drug-likeness (QED) is 0.659. The number of hydrogen-bond donors (Lipinski definition) is 2. The fourth-order valence-corrected chi connectivity index (χ4v) is 2.24. The minimum atomic E-state index is -0.434. The van der Waals surface area contributed by atoms with E-state index in [4.69, 9.17) is 28.9 Å². The molecule has 3 nitrogen and oxygen atoms in total. The number of rotatable bonds is 1. The molecular formula is C13H8Cl2FN3. The molecule has 2 aromatic carbocycles. The maximum Gasteiger partial charge on any atom is 0.143 e. The molecule has 19 heavy (non-hydrogen) atoms. The van der Waals surface area contributed by atoms with E-state index in [9.17, 15) is 4.39 Å². The molecular weight excluding hydrogens is 288 g/mol. The van der Waals surface area contributed by atoms with Crippen LogP contribution in [0.5, 0.6) is 0 Å². The third-order valence-electron chi connectivity index (χ3n) is 2.81. The van der Waals surface area contributed by atoms with E-state index in [1.165, 1.54) is 6.07 Å². The lowest BCUT2D eigenvalue weighted by atomic mass is 10.1. The second-order valence-corrected chi connectivity index (χ2v) is 4.89. The van der Waals surface area contributed by atoms with E-state index in [2.05, 4.69) is 9.97 Å². The van der Waals surface area contributed by atoms with E-state index < -0.39 is 5.82 Å². The SMILES string of the molecule is Nc1cccc(F)c1-c1nc2cc(Cl)c(Cl)cc2[nH]1. The molecule has 0 atom stereocenters. The van der Waals surface area contributed by atoms with Gasteiger partial charge in [-0.3, -0.25) is 0 Å². The van der Waals surface area contributed by atoms with Crippen LogP contribution in [-0.4, -0.2) is 9.97 Å². The fraction of sp³-hybridized carbons (Fsp3) is 0. The zero-order chi connectivity index (χ0) is 13.6. The summed E-state index contributed by atoms with van der Waals surface area (Å²) in [6.07, 6.45) is 0. The smallest absolute Gasteiger partial charge is 0.143 e. The number of nitrogens with zero attached hydrogens (tertiary/aromatic N) is 1. The van der Waals surface area contributed by atoms with E-state index in [0.717, 1.165) is 0 Å². The number of hydrogen-bond acceptors (Lipinski definition) is 2. The number of halogens is 3. The summed E-state index contributed by atoms with van der Waals surface area (Å²) in [4.78, 5) is 7.28. The van der Waals surface area contributed by atoms with Gasteiger partial charge < -0.3 is 10.7 Å². The van der Waals surface area contributed by atoms with Crippen molar-refractivity contribution in [3.05, 3.63) is 46.2 Å². The number of nitrogens with one attached hydrogen (secondary N) is 1. The molecule has 0 spiro atoms. The van der Waals surface area contributed by atoms with Crippen LogP contribution in [0, 0.1) is 5.82 Å². The fourth-order valence-electron chi connectivity index (χ4n) is 1.91. The summed E-state index contributed by atoms with van der Waals surface area (Å²) in [6.45, 7) is 0. The molecule has 0 fully saturated rings. The van der Waals surface area contributed by atoms with Crippen LogP contribution < -0.4 is 5.73 Å². The van der Waals surface area contributed by atoms with Crippen LogP contribution in [0.2, 0.25) is 10.0 Å². The number of anilines is 1. The van der Waals surface area contributed by atoms with Gasteiger partial charge in [0.2, 0.25) is 0 Å². The van der Waals surface area contributed by atoms with E-state index in [1.54, 1.807) is 24.3 Å². The predicted octanol–water partition coefficient (Wildman–Crippen LogP) is 4.26. The van der Waals surface area contributed by atoms with Gasteiger partial charge in [0.25, 0.3) is 0 Å². The molecule has 0 saturated carbocycles. The van der Waals surface area contributed by atoms with Gasteiger partial charge in [0, 0.05) is 5.69 Å². The number of aromatic amines is 1. The van der Waals surface area contributed by atoms with Crippen molar-refractivity contribution in [3.8, 4) is 11.4 Å². The first-order valence-corrected chi connectivity index (χ1v) is 6.21. The summed E-state index contributed by atoms with van der Waals surface area (Å²) in [5, 5.41) is 0.805. The van der Waals surface area contributed by atoms with E-state index in [1.807, 2.05) is 0 Å². The van der Waals surface area contributed by atoms with Gasteiger partial charge in [-0.1, -0.05) is 29.3 Å². The second-order valence-electron chi connectivity index (χ2n) is 4.07. The number of aromatic nitrogens is 2. The number of benzene rings is 2. The lowest BCUT2D eigenvalue weighted by Gasteiger charge is -2.02. The third kappa shape index (κ3) is 2.03. The number of fused-ring (bicyclic) bond motifs is 1. The molecule has 6 heteroatoms. The van der Waals surface area contributed by atoms with Crippen molar-refractivity contribution in [2.45, 2.75) is 0 Å².